The van der Waals surface area contributed by atoms with Crippen LogP contribution in [0.2, 0.25) is 0 Å². The van der Waals surface area contributed by atoms with Crippen molar-refractivity contribution in [2.45, 2.75) is 32.2 Å². The van der Waals surface area contributed by atoms with Crippen LogP contribution < -0.4 is 5.32 Å². The van der Waals surface area contributed by atoms with Crippen LogP contribution in [0.1, 0.15) is 30.4 Å². The topological polar surface area (TPSA) is 61.7 Å². The molecule has 23 heavy (non-hydrogen) atoms. The molecule has 0 aliphatic rings. The lowest BCUT2D eigenvalue weighted by atomic mass is 10.1. The third kappa shape index (κ3) is 5.94. The Morgan fingerprint density at radius 2 is 1.52 bits per heavy atom. The van der Waals surface area contributed by atoms with E-state index in [1.807, 2.05) is 48.5 Å². The van der Waals surface area contributed by atoms with Crippen LogP contribution in [0.15, 0.2) is 65.8 Å². The quantitative estimate of drug-likeness (QED) is 0.339. The fourth-order valence-electron chi connectivity index (χ4n) is 2.36. The average Bonchev–Trinajstić information content (AvgIpc) is 2.61. The van der Waals surface area contributed by atoms with Gasteiger partial charge in [-0.05, 0) is 36.8 Å². The summed E-state index contributed by atoms with van der Waals surface area (Å²) in [6.45, 7) is 0.433. The molecule has 0 spiro atoms. The van der Waals surface area contributed by atoms with E-state index in [0.717, 1.165) is 24.8 Å². The van der Waals surface area contributed by atoms with Crippen LogP contribution in [0.25, 0.3) is 0 Å². The molecule has 1 amide bonds. The molecule has 2 aromatic rings. The van der Waals surface area contributed by atoms with Gasteiger partial charge in [0.15, 0.2) is 0 Å². The van der Waals surface area contributed by atoms with E-state index in [9.17, 15) is 4.79 Å². The van der Waals surface area contributed by atoms with E-state index in [1.54, 1.807) is 0 Å². The maximum atomic E-state index is 12.0. The zero-order valence-corrected chi connectivity index (χ0v) is 13.1. The number of nitrogens with zero attached hydrogens (tertiary/aromatic N) is 1. The molecule has 0 aromatic heterocycles. The van der Waals surface area contributed by atoms with Crippen LogP contribution in [0.3, 0.4) is 0 Å². The van der Waals surface area contributed by atoms with E-state index in [2.05, 4.69) is 22.6 Å². The highest BCUT2D eigenvalue weighted by atomic mass is 16.4. The lowest BCUT2D eigenvalue weighted by Crippen LogP contribution is -2.30. The maximum Gasteiger partial charge on any atom is 0.269 e. The number of rotatable bonds is 8. The first-order chi connectivity index (χ1) is 11.3. The summed E-state index contributed by atoms with van der Waals surface area (Å²) in [4.78, 5) is 12.0. The van der Waals surface area contributed by atoms with E-state index < -0.39 is 0 Å². The number of carbonyl (C=O) groups is 1. The Bertz CT molecular complexity index is 624. The Morgan fingerprint density at radius 1 is 0.913 bits per heavy atom. The van der Waals surface area contributed by atoms with Gasteiger partial charge in [0.1, 0.15) is 5.71 Å². The molecule has 0 heterocycles. The molecule has 2 aromatic carbocycles. The standard InChI is InChI=1S/C19H22N2O2/c22-19(20-15-17-12-5-2-6-13-17)18(21-23)14-8-7-11-16-9-3-1-4-10-16/h1-6,9-10,12-13,23H,7-8,11,14-15H2,(H,20,22). The second-order valence-electron chi connectivity index (χ2n) is 5.41. The number of oxime groups is 1. The number of unbranched alkanes of at least 4 members (excludes halogenated alkanes) is 1. The Kier molecular flexibility index (Phi) is 6.85. The normalized spacial score (nSPS) is 11.2. The first kappa shape index (κ1) is 16.7. The van der Waals surface area contributed by atoms with Gasteiger partial charge in [0.2, 0.25) is 0 Å². The van der Waals surface area contributed by atoms with Gasteiger partial charge < -0.3 is 10.5 Å². The minimum absolute atomic E-state index is 0.189. The van der Waals surface area contributed by atoms with Gasteiger partial charge in [0, 0.05) is 6.54 Å². The van der Waals surface area contributed by atoms with Gasteiger partial charge in [-0.25, -0.2) is 0 Å². The summed E-state index contributed by atoms with van der Waals surface area (Å²) in [5.41, 5.74) is 2.49. The summed E-state index contributed by atoms with van der Waals surface area (Å²) in [7, 11) is 0. The predicted molar refractivity (Wildman–Crippen MR) is 91.5 cm³/mol. The molecule has 0 saturated heterocycles. The first-order valence-corrected chi connectivity index (χ1v) is 7.86. The second-order valence-corrected chi connectivity index (χ2v) is 5.41. The van der Waals surface area contributed by atoms with Crippen molar-refractivity contribution in [2.24, 2.45) is 5.16 Å². The van der Waals surface area contributed by atoms with Crippen molar-refractivity contribution in [3.63, 3.8) is 0 Å². The van der Waals surface area contributed by atoms with Crippen LogP contribution >= 0.6 is 0 Å². The molecule has 2 rings (SSSR count). The minimum Gasteiger partial charge on any atom is -0.410 e. The summed E-state index contributed by atoms with van der Waals surface area (Å²) >= 11 is 0. The molecule has 0 unspecified atom stereocenters. The van der Waals surface area contributed by atoms with Crippen LogP contribution in [0.4, 0.5) is 0 Å². The van der Waals surface area contributed by atoms with E-state index >= 15 is 0 Å². The number of hydrogen-bond donors (Lipinski definition) is 2. The third-order valence-electron chi connectivity index (χ3n) is 3.65. The van der Waals surface area contributed by atoms with Gasteiger partial charge in [-0.2, -0.15) is 0 Å². The molecule has 0 aliphatic carbocycles. The summed E-state index contributed by atoms with van der Waals surface area (Å²) in [5.74, 6) is -0.309. The third-order valence-corrected chi connectivity index (χ3v) is 3.65. The smallest absolute Gasteiger partial charge is 0.269 e. The molecule has 4 nitrogen and oxygen atoms in total. The monoisotopic (exact) mass is 310 g/mol. The lowest BCUT2D eigenvalue weighted by Gasteiger charge is -2.07. The van der Waals surface area contributed by atoms with Crippen molar-refractivity contribution in [3.05, 3.63) is 71.8 Å². The molecular weight excluding hydrogens is 288 g/mol. The number of nitrogens with one attached hydrogen (secondary N) is 1. The molecule has 0 saturated carbocycles. The molecule has 4 heteroatoms. The fourth-order valence-corrected chi connectivity index (χ4v) is 2.36. The van der Waals surface area contributed by atoms with E-state index in [0.29, 0.717) is 13.0 Å². The first-order valence-electron chi connectivity index (χ1n) is 7.86. The zero-order chi connectivity index (χ0) is 16.3. The van der Waals surface area contributed by atoms with Crippen molar-refractivity contribution >= 4 is 11.6 Å². The van der Waals surface area contributed by atoms with Crippen molar-refractivity contribution in [1.82, 2.24) is 5.32 Å². The molecule has 0 atom stereocenters. The Hall–Kier alpha value is -2.62. The SMILES string of the molecule is O=C(NCc1ccccc1)C(CCCCc1ccccc1)=NO. The van der Waals surface area contributed by atoms with Crippen molar-refractivity contribution in [1.29, 1.82) is 0 Å². The number of benzene rings is 2. The number of aryl methyl sites for hydroxylation is 1. The Morgan fingerprint density at radius 3 is 2.13 bits per heavy atom. The number of hydrogen-bond acceptors (Lipinski definition) is 3. The summed E-state index contributed by atoms with van der Waals surface area (Å²) < 4.78 is 0. The molecule has 0 bridgehead atoms. The highest BCUT2D eigenvalue weighted by Crippen LogP contribution is 2.07. The molecular formula is C19H22N2O2. The van der Waals surface area contributed by atoms with Crippen molar-refractivity contribution in [3.8, 4) is 0 Å². The molecule has 2 N–H and O–H groups in total. The number of amides is 1. The summed E-state index contributed by atoms with van der Waals surface area (Å²) in [5, 5.41) is 15.0. The van der Waals surface area contributed by atoms with Gasteiger partial charge in [-0.3, -0.25) is 4.79 Å². The summed E-state index contributed by atoms with van der Waals surface area (Å²) in [6.07, 6.45) is 3.21. The predicted octanol–water partition coefficient (Wildman–Crippen LogP) is 3.55. The van der Waals surface area contributed by atoms with E-state index in [1.165, 1.54) is 5.56 Å². The summed E-state index contributed by atoms with van der Waals surface area (Å²) in [6, 6.07) is 19.9. The number of carbonyl (C=O) groups excluding carboxylic acids is 1. The van der Waals surface area contributed by atoms with Crippen LogP contribution in [0.5, 0.6) is 0 Å². The molecule has 0 aliphatic heterocycles. The highest BCUT2D eigenvalue weighted by Gasteiger charge is 2.11. The van der Waals surface area contributed by atoms with Gasteiger partial charge in [0.05, 0.1) is 0 Å². The van der Waals surface area contributed by atoms with Crippen molar-refractivity contribution < 1.29 is 10.0 Å². The minimum atomic E-state index is -0.309. The van der Waals surface area contributed by atoms with Crippen LogP contribution in [0, 0.1) is 0 Å². The zero-order valence-electron chi connectivity index (χ0n) is 13.1. The van der Waals surface area contributed by atoms with Crippen molar-refractivity contribution in [2.75, 3.05) is 0 Å². The maximum absolute atomic E-state index is 12.0. The van der Waals surface area contributed by atoms with Gasteiger partial charge >= 0.3 is 0 Å². The Labute approximate surface area is 136 Å². The average molecular weight is 310 g/mol. The van der Waals surface area contributed by atoms with Gasteiger partial charge in [-0.15, -0.1) is 0 Å². The fraction of sp³-hybridized carbons (Fsp3) is 0.263. The van der Waals surface area contributed by atoms with Gasteiger partial charge in [0.25, 0.3) is 5.91 Å². The molecule has 0 fully saturated rings. The van der Waals surface area contributed by atoms with Crippen LogP contribution in [-0.2, 0) is 17.8 Å². The largest absolute Gasteiger partial charge is 0.410 e. The molecule has 120 valence electrons. The van der Waals surface area contributed by atoms with Gasteiger partial charge in [-0.1, -0.05) is 65.8 Å². The Balaban J connectivity index is 1.71. The highest BCUT2D eigenvalue weighted by molar-refractivity contribution is 6.38. The van der Waals surface area contributed by atoms with E-state index in [4.69, 9.17) is 5.21 Å². The lowest BCUT2D eigenvalue weighted by molar-refractivity contribution is -0.115. The van der Waals surface area contributed by atoms with Crippen LogP contribution in [-0.4, -0.2) is 16.8 Å². The van der Waals surface area contributed by atoms with E-state index in [-0.39, 0.29) is 11.6 Å². The molecule has 0 radical (unpaired) electrons. The second kappa shape index (κ2) is 9.41.